The number of carbonyl (C=O) groups excluding carboxylic acids is 1. The maximum absolute atomic E-state index is 11.8. The summed E-state index contributed by atoms with van der Waals surface area (Å²) >= 11 is 0. The zero-order valence-corrected chi connectivity index (χ0v) is 11.3. The summed E-state index contributed by atoms with van der Waals surface area (Å²) in [5, 5.41) is 10.6. The third kappa shape index (κ3) is 2.94. The van der Waals surface area contributed by atoms with Gasteiger partial charge in [-0.3, -0.25) is 10.1 Å². The SMILES string of the molecule is COC(=O)c1cc(OC)ncc1-c1ccc([N+](=O)[O-])cn1. The predicted molar refractivity (Wildman–Crippen MR) is 72.0 cm³/mol. The normalized spacial score (nSPS) is 10.0. The van der Waals surface area contributed by atoms with Crippen molar-refractivity contribution >= 4 is 11.7 Å². The van der Waals surface area contributed by atoms with Crippen LogP contribution in [0.25, 0.3) is 11.3 Å². The number of methoxy groups -OCH3 is 2. The summed E-state index contributed by atoms with van der Waals surface area (Å²) in [5.41, 5.74) is 0.847. The number of pyridine rings is 2. The Labute approximate surface area is 119 Å². The van der Waals surface area contributed by atoms with Crippen molar-refractivity contribution in [1.82, 2.24) is 9.97 Å². The minimum Gasteiger partial charge on any atom is -0.481 e. The van der Waals surface area contributed by atoms with Gasteiger partial charge in [0.05, 0.1) is 30.4 Å². The number of ether oxygens (including phenoxy) is 2. The van der Waals surface area contributed by atoms with Crippen LogP contribution in [0.5, 0.6) is 5.88 Å². The summed E-state index contributed by atoms with van der Waals surface area (Å²) in [4.78, 5) is 29.9. The molecule has 0 saturated heterocycles. The van der Waals surface area contributed by atoms with Gasteiger partial charge < -0.3 is 9.47 Å². The fourth-order valence-corrected chi connectivity index (χ4v) is 1.68. The highest BCUT2D eigenvalue weighted by molar-refractivity contribution is 5.96. The van der Waals surface area contributed by atoms with E-state index in [1.165, 1.54) is 38.6 Å². The summed E-state index contributed by atoms with van der Waals surface area (Å²) in [6, 6.07) is 4.16. The van der Waals surface area contributed by atoms with E-state index in [-0.39, 0.29) is 17.1 Å². The summed E-state index contributed by atoms with van der Waals surface area (Å²) < 4.78 is 9.66. The molecule has 21 heavy (non-hydrogen) atoms. The van der Waals surface area contributed by atoms with E-state index in [2.05, 4.69) is 9.97 Å². The first-order valence-electron chi connectivity index (χ1n) is 5.80. The van der Waals surface area contributed by atoms with Crippen molar-refractivity contribution in [3.8, 4) is 17.1 Å². The van der Waals surface area contributed by atoms with E-state index >= 15 is 0 Å². The molecule has 0 saturated carbocycles. The van der Waals surface area contributed by atoms with Gasteiger partial charge in [-0.25, -0.2) is 14.8 Å². The number of nitrogens with zero attached hydrogens (tertiary/aromatic N) is 3. The van der Waals surface area contributed by atoms with Crippen molar-refractivity contribution in [1.29, 1.82) is 0 Å². The number of carbonyl (C=O) groups is 1. The van der Waals surface area contributed by atoms with Gasteiger partial charge in [-0.1, -0.05) is 0 Å². The highest BCUT2D eigenvalue weighted by Gasteiger charge is 2.17. The molecule has 0 fully saturated rings. The maximum Gasteiger partial charge on any atom is 0.338 e. The Kier molecular flexibility index (Phi) is 4.07. The second kappa shape index (κ2) is 5.95. The maximum atomic E-state index is 11.8. The van der Waals surface area contributed by atoms with Crippen LogP contribution in [-0.2, 0) is 4.74 Å². The molecule has 2 heterocycles. The van der Waals surface area contributed by atoms with Gasteiger partial charge in [-0.05, 0) is 6.07 Å². The van der Waals surface area contributed by atoms with Gasteiger partial charge in [0.25, 0.3) is 5.69 Å². The first-order chi connectivity index (χ1) is 10.1. The van der Waals surface area contributed by atoms with Gasteiger partial charge in [0.15, 0.2) is 0 Å². The lowest BCUT2D eigenvalue weighted by Crippen LogP contribution is -2.05. The molecule has 0 radical (unpaired) electrons. The molecule has 8 heteroatoms. The minimum atomic E-state index is -0.578. The fraction of sp³-hybridized carbons (Fsp3) is 0.154. The van der Waals surface area contributed by atoms with Crippen LogP contribution in [-0.4, -0.2) is 35.1 Å². The summed E-state index contributed by atoms with van der Waals surface area (Å²) in [7, 11) is 2.68. The smallest absolute Gasteiger partial charge is 0.338 e. The number of rotatable bonds is 4. The highest BCUT2D eigenvalue weighted by Crippen LogP contribution is 2.25. The Balaban J connectivity index is 2.51. The molecule has 2 aromatic heterocycles. The molecule has 0 aromatic carbocycles. The molecule has 0 spiro atoms. The molecule has 0 aliphatic carbocycles. The molecule has 2 aromatic rings. The Morgan fingerprint density at radius 1 is 1.24 bits per heavy atom. The van der Waals surface area contributed by atoms with Crippen LogP contribution in [0.4, 0.5) is 5.69 Å². The largest absolute Gasteiger partial charge is 0.481 e. The van der Waals surface area contributed by atoms with E-state index in [0.717, 1.165) is 6.20 Å². The van der Waals surface area contributed by atoms with E-state index in [4.69, 9.17) is 9.47 Å². The molecule has 0 aliphatic heterocycles. The van der Waals surface area contributed by atoms with Gasteiger partial charge in [0, 0.05) is 23.9 Å². The molecule has 0 aliphatic rings. The van der Waals surface area contributed by atoms with Crippen molar-refractivity contribution in [2.75, 3.05) is 14.2 Å². The topological polar surface area (TPSA) is 104 Å². The number of esters is 1. The van der Waals surface area contributed by atoms with Crippen molar-refractivity contribution in [2.24, 2.45) is 0 Å². The second-order valence-corrected chi connectivity index (χ2v) is 3.92. The molecule has 0 atom stereocenters. The summed E-state index contributed by atoms with van der Waals surface area (Å²) in [6.07, 6.45) is 2.51. The van der Waals surface area contributed by atoms with Gasteiger partial charge in [-0.15, -0.1) is 0 Å². The molecular formula is C13H11N3O5. The van der Waals surface area contributed by atoms with Gasteiger partial charge >= 0.3 is 5.97 Å². The molecule has 0 unspecified atom stereocenters. The van der Waals surface area contributed by atoms with Crippen molar-refractivity contribution in [3.63, 3.8) is 0 Å². The molecule has 0 bridgehead atoms. The van der Waals surface area contributed by atoms with Crippen LogP contribution in [0.15, 0.2) is 30.6 Å². The van der Waals surface area contributed by atoms with Crippen LogP contribution < -0.4 is 4.74 Å². The standard InChI is InChI=1S/C13H11N3O5/c1-20-12-5-9(13(17)21-2)10(7-15-12)11-4-3-8(6-14-11)16(18)19/h3-7H,1-2H3. The first kappa shape index (κ1) is 14.4. The molecule has 0 N–H and O–H groups in total. The highest BCUT2D eigenvalue weighted by atomic mass is 16.6. The summed E-state index contributed by atoms with van der Waals surface area (Å²) in [6.45, 7) is 0. The van der Waals surface area contributed by atoms with Crippen molar-refractivity contribution in [3.05, 3.63) is 46.3 Å². The quantitative estimate of drug-likeness (QED) is 0.480. The Morgan fingerprint density at radius 3 is 2.52 bits per heavy atom. The summed E-state index contributed by atoms with van der Waals surface area (Å²) in [5.74, 6) is -0.327. The van der Waals surface area contributed by atoms with E-state index in [1.807, 2.05) is 0 Å². The predicted octanol–water partition coefficient (Wildman–Crippen LogP) is 1.85. The molecule has 108 valence electrons. The third-order valence-electron chi connectivity index (χ3n) is 2.73. The van der Waals surface area contributed by atoms with Crippen molar-refractivity contribution in [2.45, 2.75) is 0 Å². The Hall–Kier alpha value is -3.03. The molecule has 2 rings (SSSR count). The fourth-order valence-electron chi connectivity index (χ4n) is 1.68. The number of aromatic nitrogens is 2. The van der Waals surface area contributed by atoms with Crippen LogP contribution >= 0.6 is 0 Å². The average molecular weight is 289 g/mol. The van der Waals surface area contributed by atoms with Crippen LogP contribution in [0, 0.1) is 10.1 Å². The minimum absolute atomic E-state index is 0.139. The number of nitro groups is 1. The lowest BCUT2D eigenvalue weighted by atomic mass is 10.1. The number of hydrogen-bond acceptors (Lipinski definition) is 7. The third-order valence-corrected chi connectivity index (χ3v) is 2.73. The average Bonchev–Trinajstić information content (AvgIpc) is 2.53. The van der Waals surface area contributed by atoms with E-state index in [0.29, 0.717) is 11.3 Å². The molecular weight excluding hydrogens is 278 g/mol. The van der Waals surface area contributed by atoms with Gasteiger partial charge in [-0.2, -0.15) is 0 Å². The van der Waals surface area contributed by atoms with E-state index < -0.39 is 10.9 Å². The van der Waals surface area contributed by atoms with E-state index in [9.17, 15) is 14.9 Å². The Morgan fingerprint density at radius 2 is 2.00 bits per heavy atom. The zero-order chi connectivity index (χ0) is 15.4. The van der Waals surface area contributed by atoms with Crippen molar-refractivity contribution < 1.29 is 19.2 Å². The number of hydrogen-bond donors (Lipinski definition) is 0. The zero-order valence-electron chi connectivity index (χ0n) is 11.3. The first-order valence-corrected chi connectivity index (χ1v) is 5.80. The molecule has 8 nitrogen and oxygen atoms in total. The monoisotopic (exact) mass is 289 g/mol. The molecule has 0 amide bonds. The van der Waals surface area contributed by atoms with Crippen LogP contribution in [0.3, 0.4) is 0 Å². The van der Waals surface area contributed by atoms with E-state index in [1.54, 1.807) is 0 Å². The second-order valence-electron chi connectivity index (χ2n) is 3.92. The van der Waals surface area contributed by atoms with Gasteiger partial charge in [0.1, 0.15) is 6.20 Å². The van der Waals surface area contributed by atoms with Gasteiger partial charge in [0.2, 0.25) is 5.88 Å². The van der Waals surface area contributed by atoms with Crippen LogP contribution in [0.1, 0.15) is 10.4 Å². The lowest BCUT2D eigenvalue weighted by molar-refractivity contribution is -0.385. The Bertz CT molecular complexity index is 685. The lowest BCUT2D eigenvalue weighted by Gasteiger charge is -2.08. The van der Waals surface area contributed by atoms with Crippen LogP contribution in [0.2, 0.25) is 0 Å².